The van der Waals surface area contributed by atoms with Gasteiger partial charge in [0.15, 0.2) is 0 Å². The second kappa shape index (κ2) is 7.03. The van der Waals surface area contributed by atoms with Crippen LogP contribution < -0.4 is 5.32 Å². The molecule has 0 atom stereocenters. The summed E-state index contributed by atoms with van der Waals surface area (Å²) >= 11 is 0. The summed E-state index contributed by atoms with van der Waals surface area (Å²) in [6.45, 7) is 1.15. The van der Waals surface area contributed by atoms with Gasteiger partial charge in [0.2, 0.25) is 5.91 Å². The third-order valence-electron chi connectivity index (χ3n) is 1.72. The van der Waals surface area contributed by atoms with Crippen LogP contribution >= 0.6 is 0 Å². The van der Waals surface area contributed by atoms with Gasteiger partial charge in [-0.3, -0.25) is 4.79 Å². The summed E-state index contributed by atoms with van der Waals surface area (Å²) in [6.07, 6.45) is 1.78. The number of hydrogen-bond donors (Lipinski definition) is 2. The van der Waals surface area contributed by atoms with Crippen molar-refractivity contribution in [3.05, 3.63) is 24.2 Å². The fourth-order valence-electron chi connectivity index (χ4n) is 1.06. The fraction of sp³-hybridized carbons (Fsp3) is 0.500. The van der Waals surface area contributed by atoms with E-state index < -0.39 is 0 Å². The Hall–Kier alpha value is -1.33. The van der Waals surface area contributed by atoms with E-state index in [2.05, 4.69) is 5.32 Å². The Morgan fingerprint density at radius 1 is 1.53 bits per heavy atom. The van der Waals surface area contributed by atoms with Gasteiger partial charge in [-0.15, -0.1) is 0 Å². The average Bonchev–Trinajstić information content (AvgIpc) is 2.70. The van der Waals surface area contributed by atoms with Gasteiger partial charge in [-0.1, -0.05) is 0 Å². The molecule has 0 unspecified atom stereocenters. The number of carbonyl (C=O) groups is 1. The smallest absolute Gasteiger partial charge is 0.227 e. The van der Waals surface area contributed by atoms with Gasteiger partial charge in [-0.05, 0) is 12.1 Å². The predicted octanol–water partition coefficient (Wildman–Crippen LogP) is -0.0528. The van der Waals surface area contributed by atoms with Gasteiger partial charge in [-0.25, -0.2) is 0 Å². The summed E-state index contributed by atoms with van der Waals surface area (Å²) in [5, 5.41) is 11.1. The minimum absolute atomic E-state index is 0.000339. The van der Waals surface area contributed by atoms with Crippen molar-refractivity contribution in [2.45, 2.75) is 6.42 Å². The third-order valence-corrected chi connectivity index (χ3v) is 1.72. The molecule has 0 bridgehead atoms. The van der Waals surface area contributed by atoms with E-state index in [1.54, 1.807) is 12.1 Å². The van der Waals surface area contributed by atoms with Gasteiger partial charge < -0.3 is 19.6 Å². The monoisotopic (exact) mass is 213 g/mol. The molecule has 0 aliphatic heterocycles. The lowest BCUT2D eigenvalue weighted by molar-refractivity contribution is -0.120. The topological polar surface area (TPSA) is 71.7 Å². The lowest BCUT2D eigenvalue weighted by atomic mass is 10.3. The van der Waals surface area contributed by atoms with E-state index >= 15 is 0 Å². The van der Waals surface area contributed by atoms with E-state index in [9.17, 15) is 4.79 Å². The van der Waals surface area contributed by atoms with Crippen molar-refractivity contribution in [1.29, 1.82) is 0 Å². The molecule has 1 aromatic rings. The molecule has 84 valence electrons. The fourth-order valence-corrected chi connectivity index (χ4v) is 1.06. The number of aliphatic hydroxyl groups is 1. The Labute approximate surface area is 88.0 Å². The van der Waals surface area contributed by atoms with Crippen LogP contribution in [0.1, 0.15) is 5.76 Å². The maximum atomic E-state index is 11.3. The first kappa shape index (κ1) is 11.7. The number of furan rings is 1. The van der Waals surface area contributed by atoms with E-state index in [1.165, 1.54) is 6.26 Å². The van der Waals surface area contributed by atoms with Crippen molar-refractivity contribution >= 4 is 5.91 Å². The first-order chi connectivity index (χ1) is 7.33. The Bertz CT molecular complexity index is 271. The molecule has 0 saturated heterocycles. The lowest BCUT2D eigenvalue weighted by Gasteiger charge is -2.04. The van der Waals surface area contributed by atoms with Crippen LogP contribution in [0.15, 0.2) is 22.8 Å². The average molecular weight is 213 g/mol. The normalized spacial score (nSPS) is 10.2. The van der Waals surface area contributed by atoms with Crippen molar-refractivity contribution in [3.63, 3.8) is 0 Å². The largest absolute Gasteiger partial charge is 0.469 e. The molecule has 5 nitrogen and oxygen atoms in total. The molecule has 2 N–H and O–H groups in total. The van der Waals surface area contributed by atoms with Crippen LogP contribution in [0, 0.1) is 0 Å². The van der Waals surface area contributed by atoms with E-state index in [1.807, 2.05) is 0 Å². The molecule has 0 aliphatic carbocycles. The summed E-state index contributed by atoms with van der Waals surface area (Å²) in [7, 11) is 0. The van der Waals surface area contributed by atoms with E-state index in [4.69, 9.17) is 14.3 Å². The maximum absolute atomic E-state index is 11.3. The van der Waals surface area contributed by atoms with Crippen LogP contribution in [-0.4, -0.2) is 37.4 Å². The van der Waals surface area contributed by atoms with Crippen LogP contribution in [0.5, 0.6) is 0 Å². The Kier molecular flexibility index (Phi) is 5.50. The standard InChI is InChI=1S/C10H15NO4/c12-4-7-14-6-3-11-10(13)8-9-2-1-5-15-9/h1-2,5,12H,3-4,6-8H2,(H,11,13). The zero-order chi connectivity index (χ0) is 10.9. The molecule has 1 aromatic heterocycles. The second-order valence-electron chi connectivity index (χ2n) is 2.94. The van der Waals surface area contributed by atoms with E-state index in [0.717, 1.165) is 0 Å². The maximum Gasteiger partial charge on any atom is 0.227 e. The van der Waals surface area contributed by atoms with Crippen molar-refractivity contribution in [1.82, 2.24) is 5.32 Å². The summed E-state index contributed by atoms with van der Waals surface area (Å²) in [5.74, 6) is 0.543. The van der Waals surface area contributed by atoms with Crippen molar-refractivity contribution in [2.24, 2.45) is 0 Å². The molecule has 1 heterocycles. The highest BCUT2D eigenvalue weighted by atomic mass is 16.5. The minimum atomic E-state index is -0.0995. The van der Waals surface area contributed by atoms with Crippen molar-refractivity contribution < 1.29 is 19.1 Å². The molecule has 0 aliphatic rings. The molecule has 0 radical (unpaired) electrons. The third kappa shape index (κ3) is 5.19. The number of nitrogens with one attached hydrogen (secondary N) is 1. The molecular formula is C10H15NO4. The van der Waals surface area contributed by atoms with Crippen LogP contribution in [0.25, 0.3) is 0 Å². The highest BCUT2D eigenvalue weighted by molar-refractivity contribution is 5.77. The molecule has 15 heavy (non-hydrogen) atoms. The molecule has 5 heteroatoms. The van der Waals surface area contributed by atoms with E-state index in [-0.39, 0.29) is 18.9 Å². The molecule has 0 fully saturated rings. The Balaban J connectivity index is 2.04. The lowest BCUT2D eigenvalue weighted by Crippen LogP contribution is -2.28. The molecule has 0 aromatic carbocycles. The molecular weight excluding hydrogens is 198 g/mol. The van der Waals surface area contributed by atoms with Gasteiger partial charge in [0.1, 0.15) is 5.76 Å². The van der Waals surface area contributed by atoms with Crippen LogP contribution in [-0.2, 0) is 16.0 Å². The van der Waals surface area contributed by atoms with Crippen molar-refractivity contribution in [3.8, 4) is 0 Å². The number of amides is 1. The quantitative estimate of drug-likeness (QED) is 0.623. The highest BCUT2D eigenvalue weighted by Crippen LogP contribution is 1.99. The molecule has 1 rings (SSSR count). The zero-order valence-electron chi connectivity index (χ0n) is 8.44. The number of rotatable bonds is 7. The minimum Gasteiger partial charge on any atom is -0.469 e. The van der Waals surface area contributed by atoms with Gasteiger partial charge in [0.25, 0.3) is 0 Å². The SMILES string of the molecule is O=C(Cc1ccco1)NCCOCCO. The van der Waals surface area contributed by atoms with Gasteiger partial charge in [-0.2, -0.15) is 0 Å². The predicted molar refractivity (Wildman–Crippen MR) is 53.3 cm³/mol. The van der Waals surface area contributed by atoms with Crippen molar-refractivity contribution in [2.75, 3.05) is 26.4 Å². The van der Waals surface area contributed by atoms with Crippen LogP contribution in [0.2, 0.25) is 0 Å². The number of hydrogen-bond acceptors (Lipinski definition) is 4. The summed E-state index contributed by atoms with van der Waals surface area (Å²) in [4.78, 5) is 11.3. The second-order valence-corrected chi connectivity index (χ2v) is 2.94. The summed E-state index contributed by atoms with van der Waals surface area (Å²) in [5.41, 5.74) is 0. The summed E-state index contributed by atoms with van der Waals surface area (Å²) in [6, 6.07) is 3.49. The van der Waals surface area contributed by atoms with Gasteiger partial charge >= 0.3 is 0 Å². The highest BCUT2D eigenvalue weighted by Gasteiger charge is 2.04. The van der Waals surface area contributed by atoms with Crippen LogP contribution in [0.3, 0.4) is 0 Å². The van der Waals surface area contributed by atoms with E-state index in [0.29, 0.717) is 25.5 Å². The number of aliphatic hydroxyl groups excluding tert-OH is 1. The van der Waals surface area contributed by atoms with Crippen LogP contribution in [0.4, 0.5) is 0 Å². The molecule has 0 spiro atoms. The number of carbonyl (C=O) groups excluding carboxylic acids is 1. The molecule has 0 saturated carbocycles. The Morgan fingerprint density at radius 2 is 2.40 bits per heavy atom. The first-order valence-corrected chi connectivity index (χ1v) is 4.80. The Morgan fingerprint density at radius 3 is 3.07 bits per heavy atom. The first-order valence-electron chi connectivity index (χ1n) is 4.80. The molecule has 1 amide bonds. The summed E-state index contributed by atoms with van der Waals surface area (Å²) < 4.78 is 10.0. The van der Waals surface area contributed by atoms with Gasteiger partial charge in [0.05, 0.1) is 32.5 Å². The number of ether oxygens (including phenoxy) is 1. The zero-order valence-corrected chi connectivity index (χ0v) is 8.44. The van der Waals surface area contributed by atoms with Gasteiger partial charge in [0, 0.05) is 6.54 Å².